The lowest BCUT2D eigenvalue weighted by atomic mass is 10.0. The van der Waals surface area contributed by atoms with Crippen LogP contribution in [-0.2, 0) is 4.74 Å². The quantitative estimate of drug-likeness (QED) is 0.863. The van der Waals surface area contributed by atoms with E-state index in [9.17, 15) is 4.79 Å². The average molecular weight is 327 g/mol. The number of rotatable bonds is 3. The Morgan fingerprint density at radius 3 is 2.95 bits per heavy atom. The number of amides is 1. The lowest BCUT2D eigenvalue weighted by Gasteiger charge is -2.36. The van der Waals surface area contributed by atoms with E-state index in [0.717, 1.165) is 25.8 Å². The van der Waals surface area contributed by atoms with E-state index in [-0.39, 0.29) is 17.4 Å². The van der Waals surface area contributed by atoms with Crippen molar-refractivity contribution in [2.45, 2.75) is 51.7 Å². The molecule has 1 saturated heterocycles. The molecular formula is C15H23ClN4O2. The molecular weight excluding hydrogens is 304 g/mol. The fourth-order valence-electron chi connectivity index (χ4n) is 2.43. The first-order valence-corrected chi connectivity index (χ1v) is 7.95. The topological polar surface area (TPSA) is 67.3 Å². The zero-order valence-corrected chi connectivity index (χ0v) is 14.1. The number of piperidine rings is 1. The smallest absolute Gasteiger partial charge is 0.410 e. The van der Waals surface area contributed by atoms with Crippen molar-refractivity contribution >= 4 is 23.5 Å². The monoisotopic (exact) mass is 326 g/mol. The standard InChI is InChI=1S/C15H23ClN4O2/c1-15(2,3)22-14(21)20-9-5-4-6-11(20)10-18-12-7-8-17-13(16)19-12/h7-8,11H,4-6,9-10H2,1-3H3,(H,17,18,19). The minimum absolute atomic E-state index is 0.0948. The second-order valence-corrected chi connectivity index (χ2v) is 6.75. The minimum atomic E-state index is -0.479. The van der Waals surface area contributed by atoms with Crippen molar-refractivity contribution < 1.29 is 9.53 Å². The lowest BCUT2D eigenvalue weighted by molar-refractivity contribution is 0.0114. The number of hydrogen-bond donors (Lipinski definition) is 1. The third kappa shape index (κ3) is 5.02. The van der Waals surface area contributed by atoms with Crippen LogP contribution in [0.1, 0.15) is 40.0 Å². The Morgan fingerprint density at radius 2 is 2.27 bits per heavy atom. The normalized spacial score (nSPS) is 18.9. The molecule has 1 fully saturated rings. The molecule has 0 aromatic carbocycles. The number of halogens is 1. The molecule has 122 valence electrons. The molecule has 7 heteroatoms. The van der Waals surface area contributed by atoms with Gasteiger partial charge in [0, 0.05) is 19.3 Å². The molecule has 2 rings (SSSR count). The van der Waals surface area contributed by atoms with Gasteiger partial charge in [-0.3, -0.25) is 0 Å². The van der Waals surface area contributed by atoms with Crippen molar-refractivity contribution in [1.29, 1.82) is 0 Å². The average Bonchev–Trinajstić information content (AvgIpc) is 2.44. The second-order valence-electron chi connectivity index (χ2n) is 6.42. The number of carbonyl (C=O) groups excluding carboxylic acids is 1. The molecule has 0 radical (unpaired) electrons. The van der Waals surface area contributed by atoms with Gasteiger partial charge in [0.2, 0.25) is 5.28 Å². The molecule has 0 bridgehead atoms. The zero-order valence-electron chi connectivity index (χ0n) is 13.3. The van der Waals surface area contributed by atoms with Gasteiger partial charge >= 0.3 is 6.09 Å². The predicted octanol–water partition coefficient (Wildman–Crippen LogP) is 3.33. The lowest BCUT2D eigenvalue weighted by Crippen LogP contribution is -2.48. The van der Waals surface area contributed by atoms with E-state index in [4.69, 9.17) is 16.3 Å². The highest BCUT2D eigenvalue weighted by Gasteiger charge is 2.30. The van der Waals surface area contributed by atoms with Gasteiger partial charge in [-0.25, -0.2) is 14.8 Å². The molecule has 2 heterocycles. The highest BCUT2D eigenvalue weighted by Crippen LogP contribution is 2.21. The molecule has 1 aromatic heterocycles. The Balaban J connectivity index is 1.96. The van der Waals surface area contributed by atoms with Crippen LogP contribution in [0, 0.1) is 0 Å². The molecule has 1 N–H and O–H groups in total. The Labute approximate surface area is 136 Å². The highest BCUT2D eigenvalue weighted by molar-refractivity contribution is 6.28. The molecule has 1 aromatic rings. The summed E-state index contributed by atoms with van der Waals surface area (Å²) in [5, 5.41) is 3.42. The predicted molar refractivity (Wildman–Crippen MR) is 86.1 cm³/mol. The van der Waals surface area contributed by atoms with E-state index in [1.54, 1.807) is 12.3 Å². The Kier molecular flexibility index (Phi) is 5.45. The van der Waals surface area contributed by atoms with Crippen LogP contribution in [-0.4, -0.2) is 45.7 Å². The van der Waals surface area contributed by atoms with Crippen molar-refractivity contribution in [3.05, 3.63) is 17.5 Å². The van der Waals surface area contributed by atoms with Gasteiger partial charge in [-0.2, -0.15) is 0 Å². The number of likely N-dealkylation sites (tertiary alicyclic amines) is 1. The van der Waals surface area contributed by atoms with E-state index < -0.39 is 5.60 Å². The van der Waals surface area contributed by atoms with Crippen molar-refractivity contribution in [3.63, 3.8) is 0 Å². The number of aromatic nitrogens is 2. The first-order valence-electron chi connectivity index (χ1n) is 7.57. The van der Waals surface area contributed by atoms with Crippen LogP contribution in [0.3, 0.4) is 0 Å². The molecule has 1 atom stereocenters. The summed E-state index contributed by atoms with van der Waals surface area (Å²) in [4.78, 5) is 22.1. The third-order valence-corrected chi connectivity index (χ3v) is 3.58. The van der Waals surface area contributed by atoms with Gasteiger partial charge in [0.25, 0.3) is 0 Å². The van der Waals surface area contributed by atoms with Crippen molar-refractivity contribution in [3.8, 4) is 0 Å². The van der Waals surface area contributed by atoms with Crippen LogP contribution in [0.15, 0.2) is 12.3 Å². The van der Waals surface area contributed by atoms with Gasteiger partial charge in [0.1, 0.15) is 11.4 Å². The summed E-state index contributed by atoms with van der Waals surface area (Å²) in [7, 11) is 0. The van der Waals surface area contributed by atoms with Gasteiger partial charge in [-0.05, 0) is 57.7 Å². The van der Waals surface area contributed by atoms with E-state index in [0.29, 0.717) is 12.4 Å². The summed E-state index contributed by atoms with van der Waals surface area (Å²) in [5.41, 5.74) is -0.479. The summed E-state index contributed by atoms with van der Waals surface area (Å²) in [6.07, 6.45) is 4.42. The van der Waals surface area contributed by atoms with E-state index in [1.807, 2.05) is 25.7 Å². The fraction of sp³-hybridized carbons (Fsp3) is 0.667. The number of anilines is 1. The van der Waals surface area contributed by atoms with Crippen LogP contribution in [0.25, 0.3) is 0 Å². The number of ether oxygens (including phenoxy) is 1. The van der Waals surface area contributed by atoms with Gasteiger partial charge in [-0.1, -0.05) is 0 Å². The maximum absolute atomic E-state index is 12.3. The number of carbonyl (C=O) groups is 1. The summed E-state index contributed by atoms with van der Waals surface area (Å²) in [6.45, 7) is 6.99. The van der Waals surface area contributed by atoms with Crippen LogP contribution < -0.4 is 5.32 Å². The molecule has 0 aliphatic carbocycles. The first kappa shape index (κ1) is 16.8. The maximum atomic E-state index is 12.3. The maximum Gasteiger partial charge on any atom is 0.410 e. The van der Waals surface area contributed by atoms with E-state index in [2.05, 4.69) is 15.3 Å². The molecule has 22 heavy (non-hydrogen) atoms. The minimum Gasteiger partial charge on any atom is -0.444 e. The Hall–Kier alpha value is -1.56. The zero-order chi connectivity index (χ0) is 16.2. The van der Waals surface area contributed by atoms with Crippen LogP contribution in [0.2, 0.25) is 5.28 Å². The summed E-state index contributed by atoms with van der Waals surface area (Å²) in [6, 6.07) is 1.85. The SMILES string of the molecule is CC(C)(C)OC(=O)N1CCCCC1CNc1ccnc(Cl)n1. The Morgan fingerprint density at radius 1 is 1.50 bits per heavy atom. The number of nitrogens with zero attached hydrogens (tertiary/aromatic N) is 3. The van der Waals surface area contributed by atoms with Crippen LogP contribution in [0.5, 0.6) is 0 Å². The first-order chi connectivity index (χ1) is 10.3. The van der Waals surface area contributed by atoms with Crippen molar-refractivity contribution in [1.82, 2.24) is 14.9 Å². The molecule has 1 unspecified atom stereocenters. The largest absolute Gasteiger partial charge is 0.444 e. The number of nitrogens with one attached hydrogen (secondary N) is 1. The van der Waals surface area contributed by atoms with E-state index in [1.165, 1.54) is 0 Å². The molecule has 0 saturated carbocycles. The van der Waals surface area contributed by atoms with Crippen molar-refractivity contribution in [2.75, 3.05) is 18.4 Å². The van der Waals surface area contributed by atoms with Gasteiger partial charge in [0.15, 0.2) is 0 Å². The summed E-state index contributed by atoms with van der Waals surface area (Å²) >= 11 is 5.77. The van der Waals surface area contributed by atoms with Crippen LogP contribution >= 0.6 is 11.6 Å². The highest BCUT2D eigenvalue weighted by atomic mass is 35.5. The van der Waals surface area contributed by atoms with Crippen LogP contribution in [0.4, 0.5) is 10.6 Å². The molecule has 6 nitrogen and oxygen atoms in total. The van der Waals surface area contributed by atoms with Gasteiger partial charge in [-0.15, -0.1) is 0 Å². The molecule has 1 aliphatic rings. The fourth-order valence-corrected chi connectivity index (χ4v) is 2.58. The van der Waals surface area contributed by atoms with Gasteiger partial charge < -0.3 is 15.0 Å². The number of hydrogen-bond acceptors (Lipinski definition) is 5. The summed E-state index contributed by atoms with van der Waals surface area (Å²) < 4.78 is 5.49. The molecule has 0 spiro atoms. The molecule has 1 aliphatic heterocycles. The Bertz CT molecular complexity index is 519. The van der Waals surface area contributed by atoms with Gasteiger partial charge in [0.05, 0.1) is 6.04 Å². The van der Waals surface area contributed by atoms with Crippen molar-refractivity contribution in [2.24, 2.45) is 0 Å². The third-order valence-electron chi connectivity index (χ3n) is 3.40. The van der Waals surface area contributed by atoms with E-state index >= 15 is 0 Å². The second kappa shape index (κ2) is 7.13. The summed E-state index contributed by atoms with van der Waals surface area (Å²) in [5.74, 6) is 0.662. The molecule has 1 amide bonds.